The van der Waals surface area contributed by atoms with E-state index < -0.39 is 0 Å². The van der Waals surface area contributed by atoms with Gasteiger partial charge in [-0.1, -0.05) is 12.1 Å². The highest BCUT2D eigenvalue weighted by atomic mass is 16.1. The minimum absolute atomic E-state index is 0.309. The molecule has 4 heterocycles. The Labute approximate surface area is 167 Å². The molecule has 0 saturated heterocycles. The second-order valence-corrected chi connectivity index (χ2v) is 6.95. The summed E-state index contributed by atoms with van der Waals surface area (Å²) in [5, 5.41) is 2.85. The summed E-state index contributed by atoms with van der Waals surface area (Å²) in [5.41, 5.74) is 3.87. The number of pyridine rings is 3. The second-order valence-electron chi connectivity index (χ2n) is 6.95. The van der Waals surface area contributed by atoms with Crippen molar-refractivity contribution in [3.8, 4) is 22.5 Å². The molecular weight excluding hydrogens is 364 g/mol. The third-order valence-corrected chi connectivity index (χ3v) is 4.85. The van der Waals surface area contributed by atoms with Crippen LogP contribution in [-0.4, -0.2) is 30.4 Å². The van der Waals surface area contributed by atoms with E-state index in [9.17, 15) is 4.79 Å². The second kappa shape index (κ2) is 7.27. The molecule has 0 bridgehead atoms. The molecule has 1 fully saturated rings. The Bertz CT molecular complexity index is 1170. The van der Waals surface area contributed by atoms with Crippen LogP contribution >= 0.6 is 0 Å². The van der Waals surface area contributed by atoms with Crippen LogP contribution < -0.4 is 5.32 Å². The van der Waals surface area contributed by atoms with Gasteiger partial charge in [0.25, 0.3) is 5.91 Å². The highest BCUT2D eigenvalue weighted by Gasteiger charge is 2.26. The summed E-state index contributed by atoms with van der Waals surface area (Å²) in [5.74, 6) is 0.167. The first kappa shape index (κ1) is 17.2. The molecule has 0 unspecified atom stereocenters. The summed E-state index contributed by atoms with van der Waals surface area (Å²) in [4.78, 5) is 29.9. The van der Waals surface area contributed by atoms with E-state index in [4.69, 9.17) is 0 Å². The molecule has 0 aliphatic heterocycles. The number of amides is 1. The summed E-state index contributed by atoms with van der Waals surface area (Å²) in [7, 11) is 0. The number of rotatable bonds is 5. The average molecular weight is 382 g/mol. The van der Waals surface area contributed by atoms with Gasteiger partial charge in [0.2, 0.25) is 0 Å². The van der Waals surface area contributed by atoms with Crippen molar-refractivity contribution in [3.05, 3.63) is 79.3 Å². The first-order valence-electron chi connectivity index (χ1n) is 9.45. The number of nitrogens with one attached hydrogen (secondary N) is 1. The molecule has 0 spiro atoms. The molecule has 4 aromatic rings. The summed E-state index contributed by atoms with van der Waals surface area (Å²) in [6.07, 6.45) is 11.1. The van der Waals surface area contributed by atoms with Crippen molar-refractivity contribution in [2.45, 2.75) is 18.9 Å². The lowest BCUT2D eigenvalue weighted by Gasteiger charge is -2.09. The van der Waals surface area contributed by atoms with E-state index in [-0.39, 0.29) is 5.91 Å². The third-order valence-electron chi connectivity index (χ3n) is 4.85. The predicted octanol–water partition coefficient (Wildman–Crippen LogP) is 3.99. The molecule has 1 amide bonds. The minimum atomic E-state index is -0.309. The van der Waals surface area contributed by atoms with Gasteiger partial charge in [-0.3, -0.25) is 14.8 Å². The van der Waals surface area contributed by atoms with E-state index in [1.807, 2.05) is 42.9 Å². The number of aromatic nitrogens is 5. The standard InChI is InChI=1S/C22H18N6O/c29-22(19-11-15(8-10-25-19)16-3-2-9-23-12-16)27-21-5-1-4-18(26-21)20-13-24-14-28(20)17-6-7-17/h1-5,8-14,17H,6-7H2,(H,26,27,29). The van der Waals surface area contributed by atoms with Crippen LogP contribution in [0.4, 0.5) is 5.82 Å². The third kappa shape index (κ3) is 3.62. The number of imidazole rings is 1. The van der Waals surface area contributed by atoms with Gasteiger partial charge in [0.15, 0.2) is 0 Å². The Morgan fingerprint density at radius 2 is 1.93 bits per heavy atom. The maximum atomic E-state index is 12.7. The number of anilines is 1. The van der Waals surface area contributed by atoms with Crippen molar-refractivity contribution in [2.75, 3.05) is 5.32 Å². The number of hydrogen-bond acceptors (Lipinski definition) is 5. The fourth-order valence-electron chi connectivity index (χ4n) is 3.24. The van der Waals surface area contributed by atoms with Crippen LogP contribution in [0.25, 0.3) is 22.5 Å². The van der Waals surface area contributed by atoms with E-state index in [1.165, 1.54) is 12.8 Å². The molecule has 4 aromatic heterocycles. The zero-order valence-electron chi connectivity index (χ0n) is 15.6. The van der Waals surface area contributed by atoms with Crippen LogP contribution in [0, 0.1) is 0 Å². The Morgan fingerprint density at radius 1 is 1.00 bits per heavy atom. The molecule has 29 heavy (non-hydrogen) atoms. The van der Waals surface area contributed by atoms with Crippen LogP contribution in [0.2, 0.25) is 0 Å². The van der Waals surface area contributed by atoms with Crippen LogP contribution in [0.5, 0.6) is 0 Å². The molecule has 1 aliphatic carbocycles. The van der Waals surface area contributed by atoms with Gasteiger partial charge in [-0.05, 0) is 48.7 Å². The largest absolute Gasteiger partial charge is 0.326 e. The lowest BCUT2D eigenvalue weighted by Crippen LogP contribution is -2.14. The van der Waals surface area contributed by atoms with Crippen molar-refractivity contribution >= 4 is 11.7 Å². The van der Waals surface area contributed by atoms with Gasteiger partial charge < -0.3 is 9.88 Å². The zero-order valence-corrected chi connectivity index (χ0v) is 15.6. The average Bonchev–Trinajstić information content (AvgIpc) is 3.50. The van der Waals surface area contributed by atoms with Gasteiger partial charge in [0.1, 0.15) is 11.5 Å². The molecule has 0 radical (unpaired) electrons. The fourth-order valence-corrected chi connectivity index (χ4v) is 3.24. The first-order chi connectivity index (χ1) is 14.3. The van der Waals surface area contributed by atoms with Gasteiger partial charge in [-0.15, -0.1) is 0 Å². The van der Waals surface area contributed by atoms with E-state index in [0.29, 0.717) is 17.6 Å². The van der Waals surface area contributed by atoms with Gasteiger partial charge in [0, 0.05) is 30.2 Å². The quantitative estimate of drug-likeness (QED) is 0.564. The predicted molar refractivity (Wildman–Crippen MR) is 109 cm³/mol. The van der Waals surface area contributed by atoms with Gasteiger partial charge >= 0.3 is 0 Å². The molecule has 7 heteroatoms. The molecule has 1 N–H and O–H groups in total. The molecule has 1 aliphatic rings. The van der Waals surface area contributed by atoms with Crippen molar-refractivity contribution in [1.82, 2.24) is 24.5 Å². The summed E-state index contributed by atoms with van der Waals surface area (Å²) >= 11 is 0. The van der Waals surface area contributed by atoms with Crippen LogP contribution in [-0.2, 0) is 0 Å². The molecule has 142 valence electrons. The van der Waals surface area contributed by atoms with Crippen molar-refractivity contribution < 1.29 is 4.79 Å². The number of nitrogens with zero attached hydrogens (tertiary/aromatic N) is 5. The van der Waals surface area contributed by atoms with Crippen LogP contribution in [0.1, 0.15) is 29.4 Å². The molecule has 0 atom stereocenters. The van der Waals surface area contributed by atoms with Crippen molar-refractivity contribution in [3.63, 3.8) is 0 Å². The fraction of sp³-hybridized carbons (Fsp3) is 0.136. The molecule has 7 nitrogen and oxygen atoms in total. The van der Waals surface area contributed by atoms with Gasteiger partial charge in [0.05, 0.1) is 23.9 Å². The molecule has 1 saturated carbocycles. The van der Waals surface area contributed by atoms with E-state index >= 15 is 0 Å². The zero-order chi connectivity index (χ0) is 19.6. The maximum absolute atomic E-state index is 12.7. The van der Waals surface area contributed by atoms with Crippen LogP contribution in [0.3, 0.4) is 0 Å². The minimum Gasteiger partial charge on any atom is -0.326 e. The van der Waals surface area contributed by atoms with Crippen LogP contribution in [0.15, 0.2) is 73.6 Å². The highest BCUT2D eigenvalue weighted by Crippen LogP contribution is 2.37. The Balaban J connectivity index is 1.38. The monoisotopic (exact) mass is 382 g/mol. The van der Waals surface area contributed by atoms with Crippen molar-refractivity contribution in [1.29, 1.82) is 0 Å². The number of carbonyl (C=O) groups is 1. The number of hydrogen-bond donors (Lipinski definition) is 1. The van der Waals surface area contributed by atoms with E-state index in [0.717, 1.165) is 22.5 Å². The lowest BCUT2D eigenvalue weighted by molar-refractivity contribution is 0.102. The molecular formula is C22H18N6O. The summed E-state index contributed by atoms with van der Waals surface area (Å²) in [6, 6.07) is 13.5. The Kier molecular flexibility index (Phi) is 4.32. The smallest absolute Gasteiger partial charge is 0.275 e. The highest BCUT2D eigenvalue weighted by molar-refractivity contribution is 6.03. The number of carbonyl (C=O) groups excluding carboxylic acids is 1. The normalized spacial score (nSPS) is 13.2. The van der Waals surface area contributed by atoms with E-state index in [1.54, 1.807) is 30.7 Å². The lowest BCUT2D eigenvalue weighted by atomic mass is 10.1. The Hall–Kier alpha value is -3.87. The Morgan fingerprint density at radius 3 is 2.76 bits per heavy atom. The maximum Gasteiger partial charge on any atom is 0.275 e. The molecule has 0 aromatic carbocycles. The van der Waals surface area contributed by atoms with Gasteiger partial charge in [-0.25, -0.2) is 9.97 Å². The summed E-state index contributed by atoms with van der Waals surface area (Å²) in [6.45, 7) is 0. The molecule has 5 rings (SSSR count). The van der Waals surface area contributed by atoms with Gasteiger partial charge in [-0.2, -0.15) is 0 Å². The SMILES string of the molecule is O=C(Nc1cccc(-c2cncn2C2CC2)n1)c1cc(-c2cccnc2)ccn1. The summed E-state index contributed by atoms with van der Waals surface area (Å²) < 4.78 is 2.15. The van der Waals surface area contributed by atoms with Crippen molar-refractivity contribution in [2.24, 2.45) is 0 Å². The topological polar surface area (TPSA) is 85.6 Å². The van der Waals surface area contributed by atoms with E-state index in [2.05, 4.69) is 29.8 Å². The first-order valence-corrected chi connectivity index (χ1v) is 9.45.